The van der Waals surface area contributed by atoms with Crippen LogP contribution in [0.25, 0.3) is 11.3 Å². The number of sulfonamides is 1. The molecule has 5 rings (SSSR count). The van der Waals surface area contributed by atoms with Gasteiger partial charge >= 0.3 is 0 Å². The van der Waals surface area contributed by atoms with Gasteiger partial charge in [-0.1, -0.05) is 41.9 Å². The van der Waals surface area contributed by atoms with E-state index < -0.39 is 21.4 Å². The molecule has 1 aromatic heterocycles. The van der Waals surface area contributed by atoms with Crippen molar-refractivity contribution in [2.75, 3.05) is 16.7 Å². The van der Waals surface area contributed by atoms with Gasteiger partial charge < -0.3 is 14.7 Å². The van der Waals surface area contributed by atoms with E-state index in [1.54, 1.807) is 53.9 Å². The molecule has 3 aromatic carbocycles. The first-order valence-electron chi connectivity index (χ1n) is 10.9. The first-order valence-corrected chi connectivity index (χ1v) is 14.0. The maximum absolute atomic E-state index is 12.8. The lowest BCUT2D eigenvalue weighted by Gasteiger charge is -2.44. The van der Waals surface area contributed by atoms with E-state index in [-0.39, 0.29) is 27.4 Å². The predicted molar refractivity (Wildman–Crippen MR) is 144 cm³/mol. The van der Waals surface area contributed by atoms with Gasteiger partial charge in [-0.15, -0.1) is 22.9 Å². The third kappa shape index (κ3) is 4.73. The third-order valence-corrected chi connectivity index (χ3v) is 8.85. The van der Waals surface area contributed by atoms with Crippen LogP contribution in [0.5, 0.6) is 11.5 Å². The van der Waals surface area contributed by atoms with Gasteiger partial charge in [-0.25, -0.2) is 13.4 Å². The Balaban J connectivity index is 1.34. The topological polar surface area (TPSA) is 109 Å². The van der Waals surface area contributed by atoms with Crippen LogP contribution in [0, 0.1) is 0 Å². The van der Waals surface area contributed by atoms with Crippen molar-refractivity contribution in [3.63, 3.8) is 0 Å². The molecule has 0 aliphatic carbocycles. The smallest absolute Gasteiger partial charge is 0.263 e. The number of benzene rings is 3. The van der Waals surface area contributed by atoms with E-state index in [1.165, 1.54) is 30.2 Å². The second-order valence-electron chi connectivity index (χ2n) is 8.10. The molecule has 4 aromatic rings. The molecule has 2 N–H and O–H groups in total. The number of β-lactam (4-membered cyclic amide) rings is 1. The Labute approximate surface area is 227 Å². The van der Waals surface area contributed by atoms with E-state index in [4.69, 9.17) is 27.9 Å². The summed E-state index contributed by atoms with van der Waals surface area (Å²) in [5.41, 5.74) is 2.48. The molecular formula is C25H19Cl2N3O5S2. The van der Waals surface area contributed by atoms with Gasteiger partial charge in [0.05, 0.1) is 28.8 Å². The number of ether oxygens (including phenoxy) is 1. The zero-order valence-corrected chi connectivity index (χ0v) is 22.3. The van der Waals surface area contributed by atoms with Crippen LogP contribution < -0.4 is 14.4 Å². The molecule has 2 unspecified atom stereocenters. The number of rotatable bonds is 7. The average Bonchev–Trinajstić information content (AvgIpc) is 3.35. The number of hydrogen-bond donors (Lipinski definition) is 2. The number of para-hydroxylation sites is 1. The first-order chi connectivity index (χ1) is 17.7. The van der Waals surface area contributed by atoms with Crippen molar-refractivity contribution in [2.24, 2.45) is 0 Å². The Hall–Kier alpha value is -3.31. The van der Waals surface area contributed by atoms with Crippen LogP contribution in [0.1, 0.15) is 11.6 Å². The van der Waals surface area contributed by atoms with Gasteiger partial charge in [-0.2, -0.15) is 0 Å². The van der Waals surface area contributed by atoms with Crippen LogP contribution in [0.15, 0.2) is 77.0 Å². The summed E-state index contributed by atoms with van der Waals surface area (Å²) in [6, 6.07) is 17.5. The summed E-state index contributed by atoms with van der Waals surface area (Å²) in [5, 5.41) is 11.7. The monoisotopic (exact) mass is 575 g/mol. The maximum Gasteiger partial charge on any atom is 0.263 e. The van der Waals surface area contributed by atoms with Crippen molar-refractivity contribution in [3.8, 4) is 22.8 Å². The predicted octanol–water partition coefficient (Wildman–Crippen LogP) is 5.67. The molecular weight excluding hydrogens is 557 g/mol. The molecule has 1 fully saturated rings. The number of halogens is 2. The number of phenols is 1. The van der Waals surface area contributed by atoms with Crippen LogP contribution in [0.3, 0.4) is 0 Å². The van der Waals surface area contributed by atoms with E-state index in [0.717, 1.165) is 16.9 Å². The standard InChI is InChI=1S/C25H19Cl2N3O5S2/c1-35-21-12-16(10-11-18(21)26)37(33,34)29-25-28-19(13-36-25)14-6-8-15(9-7-14)30-23(22(27)24(30)32)17-4-2-3-5-20(17)31/h2-13,22-23,31H,1H3,(H,28,29). The number of carbonyl (C=O) groups excluding carboxylic acids is 1. The number of methoxy groups -OCH3 is 1. The van der Waals surface area contributed by atoms with Crippen molar-refractivity contribution < 1.29 is 23.1 Å². The van der Waals surface area contributed by atoms with Gasteiger partial charge in [0.25, 0.3) is 10.0 Å². The number of anilines is 2. The highest BCUT2D eigenvalue weighted by atomic mass is 35.5. The maximum atomic E-state index is 12.8. The van der Waals surface area contributed by atoms with Crippen LogP contribution in [-0.2, 0) is 14.8 Å². The molecule has 0 radical (unpaired) electrons. The minimum absolute atomic E-state index is 0.00864. The Bertz CT molecular complexity index is 1590. The highest BCUT2D eigenvalue weighted by molar-refractivity contribution is 7.93. The Morgan fingerprint density at radius 2 is 1.84 bits per heavy atom. The fourth-order valence-corrected chi connectivity index (χ4v) is 6.54. The van der Waals surface area contributed by atoms with E-state index in [1.807, 2.05) is 0 Å². The number of aromatic nitrogens is 1. The van der Waals surface area contributed by atoms with Crippen LogP contribution in [-0.4, -0.2) is 36.9 Å². The lowest BCUT2D eigenvalue weighted by atomic mass is 9.91. The van der Waals surface area contributed by atoms with E-state index in [9.17, 15) is 18.3 Å². The molecule has 37 heavy (non-hydrogen) atoms. The number of aromatic hydroxyl groups is 1. The SMILES string of the molecule is COc1cc(S(=O)(=O)Nc2nc(-c3ccc(N4C(=O)C(Cl)C4c4ccccc4O)cc3)cs2)ccc1Cl. The second-order valence-corrected chi connectivity index (χ2v) is 11.5. The van der Waals surface area contributed by atoms with Gasteiger partial charge in [0.1, 0.15) is 16.9 Å². The second kappa shape index (κ2) is 9.86. The molecule has 190 valence electrons. The highest BCUT2D eigenvalue weighted by Crippen LogP contribution is 2.45. The fourth-order valence-electron chi connectivity index (χ4n) is 4.00. The normalized spacial score (nSPS) is 17.4. The minimum Gasteiger partial charge on any atom is -0.508 e. The Morgan fingerprint density at radius 1 is 1.11 bits per heavy atom. The molecule has 2 atom stereocenters. The first kappa shape index (κ1) is 25.3. The lowest BCUT2D eigenvalue weighted by molar-refractivity contribution is -0.123. The third-order valence-electron chi connectivity index (χ3n) is 5.88. The Morgan fingerprint density at radius 3 is 2.54 bits per heavy atom. The summed E-state index contributed by atoms with van der Waals surface area (Å²) < 4.78 is 33.2. The summed E-state index contributed by atoms with van der Waals surface area (Å²) in [7, 11) is -2.51. The molecule has 1 amide bonds. The van der Waals surface area contributed by atoms with Crippen molar-refractivity contribution in [2.45, 2.75) is 16.3 Å². The summed E-state index contributed by atoms with van der Waals surface area (Å²) in [4.78, 5) is 18.5. The van der Waals surface area contributed by atoms with Gasteiger partial charge in [0.2, 0.25) is 5.91 Å². The largest absolute Gasteiger partial charge is 0.508 e. The molecule has 12 heteroatoms. The number of amides is 1. The number of nitrogens with one attached hydrogen (secondary N) is 1. The number of thiazole rings is 1. The van der Waals surface area contributed by atoms with E-state index in [2.05, 4.69) is 9.71 Å². The van der Waals surface area contributed by atoms with Crippen molar-refractivity contribution in [3.05, 3.63) is 82.7 Å². The van der Waals surface area contributed by atoms with Crippen LogP contribution in [0.4, 0.5) is 10.8 Å². The quantitative estimate of drug-likeness (QED) is 0.217. The van der Waals surface area contributed by atoms with Gasteiger partial charge in [-0.3, -0.25) is 9.52 Å². The van der Waals surface area contributed by atoms with Crippen molar-refractivity contribution in [1.82, 2.24) is 4.98 Å². The molecule has 8 nitrogen and oxygen atoms in total. The molecule has 2 heterocycles. The van der Waals surface area contributed by atoms with E-state index in [0.29, 0.717) is 22.0 Å². The summed E-state index contributed by atoms with van der Waals surface area (Å²) in [6.07, 6.45) is 0. The van der Waals surface area contributed by atoms with Gasteiger partial charge in [0.15, 0.2) is 5.13 Å². The van der Waals surface area contributed by atoms with Gasteiger partial charge in [-0.05, 0) is 30.3 Å². The minimum atomic E-state index is -3.91. The zero-order valence-electron chi connectivity index (χ0n) is 19.1. The molecule has 0 bridgehead atoms. The lowest BCUT2D eigenvalue weighted by Crippen LogP contribution is -2.56. The number of alkyl halides is 1. The molecule has 0 saturated carbocycles. The van der Waals surface area contributed by atoms with Crippen LogP contribution >= 0.6 is 34.5 Å². The average molecular weight is 576 g/mol. The summed E-state index contributed by atoms with van der Waals surface area (Å²) in [5.74, 6) is 0.0592. The zero-order chi connectivity index (χ0) is 26.3. The molecule has 1 aliphatic rings. The number of carbonyl (C=O) groups is 1. The number of nitrogens with zero attached hydrogens (tertiary/aromatic N) is 2. The molecule has 0 spiro atoms. The summed E-state index contributed by atoms with van der Waals surface area (Å²) >= 11 is 13.4. The van der Waals surface area contributed by atoms with Crippen molar-refractivity contribution >= 4 is 61.3 Å². The molecule has 1 saturated heterocycles. The fraction of sp³-hybridized carbons (Fsp3) is 0.120. The van der Waals surface area contributed by atoms with E-state index >= 15 is 0 Å². The van der Waals surface area contributed by atoms with Crippen LogP contribution in [0.2, 0.25) is 5.02 Å². The van der Waals surface area contributed by atoms with Crippen molar-refractivity contribution in [1.29, 1.82) is 0 Å². The molecule has 1 aliphatic heterocycles. The number of phenolic OH excluding ortho intramolecular Hbond substituents is 1. The number of hydrogen-bond acceptors (Lipinski definition) is 7. The van der Waals surface area contributed by atoms with Gasteiger partial charge in [0, 0.05) is 28.3 Å². The summed E-state index contributed by atoms with van der Waals surface area (Å²) in [6.45, 7) is 0. The Kier molecular flexibility index (Phi) is 6.76. The highest BCUT2D eigenvalue weighted by Gasteiger charge is 2.48.